The van der Waals surface area contributed by atoms with Crippen molar-refractivity contribution in [2.75, 3.05) is 0 Å². The number of halogens is 5. The maximum atomic E-state index is 13.9. The molecule has 0 nitrogen and oxygen atoms in total. The molecule has 0 aliphatic carbocycles. The van der Waals surface area contributed by atoms with E-state index in [1.54, 1.807) is 0 Å². The predicted molar refractivity (Wildman–Crippen MR) is 70.9 cm³/mol. The second-order valence-electron chi connectivity index (χ2n) is 5.94. The van der Waals surface area contributed by atoms with Gasteiger partial charge in [0.15, 0.2) is 29.1 Å². The molecule has 1 aromatic carbocycles. The largest absolute Gasteiger partial charge is 0.316 e. The molecule has 0 amide bonds. The van der Waals surface area contributed by atoms with Gasteiger partial charge in [-0.15, -0.1) is 0 Å². The Kier molecular flexibility index (Phi) is 6.03. The Balaban J connectivity index is 3.39. The van der Waals surface area contributed by atoms with Crippen molar-refractivity contribution in [3.05, 3.63) is 29.1 Å². The van der Waals surface area contributed by atoms with Crippen LogP contribution in [-0.4, -0.2) is 14.1 Å². The molecule has 1 rings (SSSR count). The minimum absolute atomic E-state index is 0.153. The van der Waals surface area contributed by atoms with Crippen molar-refractivity contribution in [3.63, 3.8) is 0 Å². The minimum Gasteiger partial charge on any atom is -0.205 e. The van der Waals surface area contributed by atoms with Crippen molar-refractivity contribution in [2.45, 2.75) is 38.3 Å². The van der Waals surface area contributed by atoms with Crippen molar-refractivity contribution in [3.8, 4) is 0 Å². The third-order valence-electron chi connectivity index (χ3n) is 3.16. The van der Waals surface area contributed by atoms with Crippen LogP contribution in [0.25, 0.3) is 0 Å². The van der Waals surface area contributed by atoms with Crippen LogP contribution in [0.4, 0.5) is 22.0 Å². The lowest BCUT2D eigenvalue weighted by Gasteiger charge is -2.19. The SMILES string of the molecule is CC(C)[CH2][Al]([CH2]C(C)C)[c]1c(F)c(F)c(F)c(F)c1F. The molecule has 0 unspecified atom stereocenters. The molecular formula is C14H18AlF5. The van der Waals surface area contributed by atoms with Gasteiger partial charge >= 0.3 is 14.1 Å². The Bertz CT molecular complexity index is 446. The highest BCUT2D eigenvalue weighted by atomic mass is 27.2. The molecule has 112 valence electrons. The number of hydrogen-bond donors (Lipinski definition) is 0. The molecule has 1 aromatic rings. The zero-order valence-corrected chi connectivity index (χ0v) is 13.2. The van der Waals surface area contributed by atoms with Gasteiger partial charge in [0.05, 0.1) is 0 Å². The summed E-state index contributed by atoms with van der Waals surface area (Å²) in [6, 6.07) is 0. The Labute approximate surface area is 120 Å². The third-order valence-corrected chi connectivity index (χ3v) is 7.51. The van der Waals surface area contributed by atoms with Crippen LogP contribution < -0.4 is 4.43 Å². The zero-order chi connectivity index (χ0) is 15.6. The first-order chi connectivity index (χ1) is 9.16. The molecule has 0 atom stereocenters. The average Bonchev–Trinajstić information content (AvgIpc) is 2.32. The zero-order valence-electron chi connectivity index (χ0n) is 12.0. The lowest BCUT2D eigenvalue weighted by Crippen LogP contribution is -2.39. The highest BCUT2D eigenvalue weighted by molar-refractivity contribution is 6.73. The highest BCUT2D eigenvalue weighted by Gasteiger charge is 2.34. The second-order valence-corrected chi connectivity index (χ2v) is 8.85. The van der Waals surface area contributed by atoms with Crippen molar-refractivity contribution in [1.82, 2.24) is 0 Å². The molecular weight excluding hydrogens is 290 g/mol. The van der Waals surface area contributed by atoms with Crippen LogP contribution >= 0.6 is 0 Å². The van der Waals surface area contributed by atoms with Gasteiger partial charge in [0, 0.05) is 0 Å². The molecule has 0 aromatic heterocycles. The van der Waals surface area contributed by atoms with Crippen LogP contribution in [0.5, 0.6) is 0 Å². The van der Waals surface area contributed by atoms with E-state index < -0.39 is 47.7 Å². The standard InChI is InChI=1S/C6F5.2C4H9.Al/c7-2-1-3(8)5(10)6(11)4(2)9;2*1-4(2)3;/h;2*4H,1H2,2-3H3;. The fraction of sp³-hybridized carbons (Fsp3) is 0.571. The summed E-state index contributed by atoms with van der Waals surface area (Å²) in [6.07, 6.45) is 0. The van der Waals surface area contributed by atoms with Crippen molar-refractivity contribution in [1.29, 1.82) is 0 Å². The molecule has 0 heterocycles. The summed E-state index contributed by atoms with van der Waals surface area (Å²) in [4.78, 5) is 0. The lowest BCUT2D eigenvalue weighted by atomic mass is 10.2. The fourth-order valence-electron chi connectivity index (χ4n) is 2.45. The van der Waals surface area contributed by atoms with E-state index in [9.17, 15) is 22.0 Å². The summed E-state index contributed by atoms with van der Waals surface area (Å²) in [5.41, 5.74) is 0. The molecule has 20 heavy (non-hydrogen) atoms. The molecule has 0 bridgehead atoms. The van der Waals surface area contributed by atoms with Gasteiger partial charge in [-0.25, -0.2) is 22.0 Å². The molecule has 0 saturated heterocycles. The van der Waals surface area contributed by atoms with E-state index in [0.717, 1.165) is 0 Å². The van der Waals surface area contributed by atoms with E-state index in [4.69, 9.17) is 0 Å². The highest BCUT2D eigenvalue weighted by Crippen LogP contribution is 2.22. The normalized spacial score (nSPS) is 11.6. The maximum Gasteiger partial charge on any atom is 0.316 e. The summed E-state index contributed by atoms with van der Waals surface area (Å²) < 4.78 is 66.9. The quantitative estimate of drug-likeness (QED) is 0.327. The Morgan fingerprint density at radius 3 is 1.25 bits per heavy atom. The van der Waals surface area contributed by atoms with Crippen LogP contribution in [0.2, 0.25) is 10.6 Å². The summed E-state index contributed by atoms with van der Waals surface area (Å²) >= 11 is -2.26. The van der Waals surface area contributed by atoms with Gasteiger partial charge in [0.1, 0.15) is 0 Å². The van der Waals surface area contributed by atoms with E-state index >= 15 is 0 Å². The van der Waals surface area contributed by atoms with Gasteiger partial charge in [-0.05, 0) is 4.43 Å². The molecule has 0 aliphatic rings. The fourth-order valence-corrected chi connectivity index (χ4v) is 6.36. The molecule has 0 N–H and O–H groups in total. The Morgan fingerprint density at radius 2 is 0.950 bits per heavy atom. The number of benzene rings is 1. The van der Waals surface area contributed by atoms with Crippen LogP contribution in [-0.2, 0) is 0 Å². The summed E-state index contributed by atoms with van der Waals surface area (Å²) in [7, 11) is 0. The van der Waals surface area contributed by atoms with E-state index in [-0.39, 0.29) is 11.8 Å². The van der Waals surface area contributed by atoms with Crippen LogP contribution in [0.1, 0.15) is 27.7 Å². The second kappa shape index (κ2) is 6.91. The Morgan fingerprint density at radius 1 is 0.650 bits per heavy atom. The van der Waals surface area contributed by atoms with E-state index in [1.807, 2.05) is 27.7 Å². The van der Waals surface area contributed by atoms with Crippen LogP contribution in [0, 0.1) is 40.9 Å². The lowest BCUT2D eigenvalue weighted by molar-refractivity contribution is 0.383. The van der Waals surface area contributed by atoms with Gasteiger partial charge in [0.25, 0.3) is 0 Å². The van der Waals surface area contributed by atoms with Crippen molar-refractivity contribution >= 4 is 18.6 Å². The average molecular weight is 308 g/mol. The van der Waals surface area contributed by atoms with Crippen LogP contribution in [0.3, 0.4) is 0 Å². The summed E-state index contributed by atoms with van der Waals surface area (Å²) in [5.74, 6) is -8.71. The van der Waals surface area contributed by atoms with E-state index in [2.05, 4.69) is 0 Å². The third kappa shape index (κ3) is 3.74. The van der Waals surface area contributed by atoms with Crippen molar-refractivity contribution < 1.29 is 22.0 Å². The van der Waals surface area contributed by atoms with Gasteiger partial charge in [-0.1, -0.05) is 50.1 Å². The van der Waals surface area contributed by atoms with Gasteiger partial charge in [-0.2, -0.15) is 0 Å². The molecule has 0 saturated carbocycles. The molecule has 0 radical (unpaired) electrons. The monoisotopic (exact) mass is 308 g/mol. The topological polar surface area (TPSA) is 0 Å². The maximum absolute atomic E-state index is 13.9. The van der Waals surface area contributed by atoms with Gasteiger partial charge < -0.3 is 0 Å². The minimum atomic E-state index is -2.26. The van der Waals surface area contributed by atoms with E-state index in [1.165, 1.54) is 0 Å². The molecule has 6 heteroatoms. The smallest absolute Gasteiger partial charge is 0.205 e. The van der Waals surface area contributed by atoms with Crippen LogP contribution in [0.15, 0.2) is 0 Å². The first-order valence-electron chi connectivity index (χ1n) is 6.68. The Hall–Kier alpha value is -0.598. The first kappa shape index (κ1) is 17.5. The summed E-state index contributed by atoms with van der Waals surface area (Å²) in [5, 5.41) is 1.02. The van der Waals surface area contributed by atoms with Crippen molar-refractivity contribution in [2.24, 2.45) is 11.8 Å². The summed E-state index contributed by atoms with van der Waals surface area (Å²) in [6.45, 7) is 7.53. The number of hydrogen-bond acceptors (Lipinski definition) is 0. The first-order valence-corrected chi connectivity index (χ1v) is 8.89. The van der Waals surface area contributed by atoms with Gasteiger partial charge in [-0.3, -0.25) is 0 Å². The molecule has 0 spiro atoms. The van der Waals surface area contributed by atoms with E-state index in [0.29, 0.717) is 10.6 Å². The molecule has 0 fully saturated rings. The van der Waals surface area contributed by atoms with Gasteiger partial charge in [0.2, 0.25) is 0 Å². The molecule has 0 aliphatic heterocycles. The predicted octanol–water partition coefficient (Wildman–Crippen LogP) is 4.40. The number of rotatable bonds is 5.